The second-order valence-corrected chi connectivity index (χ2v) is 7.32. The maximum Gasteiger partial charge on any atom is 0.226 e. The minimum absolute atomic E-state index is 0.128. The molecule has 3 aromatic rings. The first-order valence-electron chi connectivity index (χ1n) is 8.94. The molecular weight excluding hydrogens is 360 g/mol. The van der Waals surface area contributed by atoms with Gasteiger partial charge in [-0.05, 0) is 24.0 Å². The smallest absolute Gasteiger partial charge is 0.226 e. The van der Waals surface area contributed by atoms with E-state index in [1.165, 1.54) is 11.9 Å². The van der Waals surface area contributed by atoms with Crippen molar-refractivity contribution in [2.24, 2.45) is 0 Å². The van der Waals surface area contributed by atoms with Crippen molar-refractivity contribution in [3.63, 3.8) is 0 Å². The van der Waals surface area contributed by atoms with Crippen LogP contribution < -0.4 is 5.32 Å². The van der Waals surface area contributed by atoms with Gasteiger partial charge < -0.3 is 5.32 Å². The fraction of sp³-hybridized carbons (Fsp3) is 0.190. The number of aromatic nitrogens is 3. The molecule has 2 aliphatic rings. The number of halogens is 1. The van der Waals surface area contributed by atoms with Crippen LogP contribution in [0.3, 0.4) is 0 Å². The third-order valence-electron chi connectivity index (χ3n) is 5.33. The number of ketones is 1. The summed E-state index contributed by atoms with van der Waals surface area (Å²) in [4.78, 5) is 17.6. The van der Waals surface area contributed by atoms with Gasteiger partial charge in [-0.25, -0.2) is 4.68 Å². The summed E-state index contributed by atoms with van der Waals surface area (Å²) in [7, 11) is 0. The number of carbonyl (C=O) groups is 1. The molecule has 2 heterocycles. The number of nitrogens with one attached hydrogen (secondary N) is 1. The van der Waals surface area contributed by atoms with E-state index in [4.69, 9.17) is 11.6 Å². The Balaban J connectivity index is 1.63. The van der Waals surface area contributed by atoms with Crippen LogP contribution in [0.5, 0.6) is 0 Å². The average molecular weight is 377 g/mol. The van der Waals surface area contributed by atoms with Crippen molar-refractivity contribution >= 4 is 23.3 Å². The fourth-order valence-electron chi connectivity index (χ4n) is 4.10. The van der Waals surface area contributed by atoms with E-state index in [0.29, 0.717) is 17.4 Å². The van der Waals surface area contributed by atoms with Crippen molar-refractivity contribution in [1.82, 2.24) is 14.8 Å². The lowest BCUT2D eigenvalue weighted by molar-refractivity contribution is -0.116. The molecule has 134 valence electrons. The van der Waals surface area contributed by atoms with Crippen LogP contribution in [-0.2, 0) is 4.79 Å². The number of hydrogen-bond acceptors (Lipinski definition) is 4. The van der Waals surface area contributed by atoms with E-state index in [9.17, 15) is 4.79 Å². The molecule has 27 heavy (non-hydrogen) atoms. The first-order chi connectivity index (χ1) is 13.2. The van der Waals surface area contributed by atoms with E-state index in [1.807, 2.05) is 42.5 Å². The molecule has 0 bridgehead atoms. The summed E-state index contributed by atoms with van der Waals surface area (Å²) in [6, 6.07) is 17.5. The molecule has 0 fully saturated rings. The molecule has 1 aliphatic carbocycles. The van der Waals surface area contributed by atoms with Crippen LogP contribution in [0, 0.1) is 0 Å². The standard InChI is InChI=1S/C21H17ClN4O/c22-16-9-5-4-8-15(16)20-19-17(25-21-23-12-24-26(20)21)10-14(11-18(19)27)13-6-2-1-3-7-13/h1-9,12,14,20H,10-11H2,(H,23,24,25)/t14-,20+/m0/s1. The number of rotatable bonds is 2. The summed E-state index contributed by atoms with van der Waals surface area (Å²) in [5.74, 6) is 0.926. The topological polar surface area (TPSA) is 59.8 Å². The van der Waals surface area contributed by atoms with Crippen molar-refractivity contribution in [1.29, 1.82) is 0 Å². The van der Waals surface area contributed by atoms with Gasteiger partial charge in [0, 0.05) is 28.3 Å². The van der Waals surface area contributed by atoms with E-state index in [-0.39, 0.29) is 17.7 Å². The molecule has 0 amide bonds. The molecule has 1 aromatic heterocycles. The molecule has 0 spiro atoms. The van der Waals surface area contributed by atoms with Crippen LogP contribution in [0.4, 0.5) is 5.95 Å². The monoisotopic (exact) mass is 376 g/mol. The molecule has 1 aliphatic heterocycles. The van der Waals surface area contributed by atoms with E-state index >= 15 is 0 Å². The predicted octanol–water partition coefficient (Wildman–Crippen LogP) is 4.35. The van der Waals surface area contributed by atoms with Crippen LogP contribution >= 0.6 is 11.6 Å². The first kappa shape index (κ1) is 16.3. The minimum atomic E-state index is -0.350. The van der Waals surface area contributed by atoms with Gasteiger partial charge in [-0.3, -0.25) is 4.79 Å². The fourth-order valence-corrected chi connectivity index (χ4v) is 4.34. The highest BCUT2D eigenvalue weighted by Gasteiger charge is 2.39. The van der Waals surface area contributed by atoms with Gasteiger partial charge in [0.05, 0.1) is 0 Å². The summed E-state index contributed by atoms with van der Waals surface area (Å²) in [6.07, 6.45) is 2.75. The summed E-state index contributed by atoms with van der Waals surface area (Å²) in [5.41, 5.74) is 3.71. The summed E-state index contributed by atoms with van der Waals surface area (Å²) in [6.45, 7) is 0. The molecule has 2 atom stereocenters. The third kappa shape index (κ3) is 2.66. The van der Waals surface area contributed by atoms with E-state index in [0.717, 1.165) is 23.3 Å². The molecule has 0 saturated heterocycles. The van der Waals surface area contributed by atoms with Gasteiger partial charge in [0.1, 0.15) is 12.4 Å². The van der Waals surface area contributed by atoms with Crippen LogP contribution in [-0.4, -0.2) is 20.5 Å². The molecule has 6 heteroatoms. The highest BCUT2D eigenvalue weighted by Crippen LogP contribution is 2.44. The van der Waals surface area contributed by atoms with Gasteiger partial charge in [-0.1, -0.05) is 60.1 Å². The molecule has 5 rings (SSSR count). The number of benzene rings is 2. The zero-order chi connectivity index (χ0) is 18.4. The Morgan fingerprint density at radius 3 is 2.63 bits per heavy atom. The van der Waals surface area contributed by atoms with E-state index in [2.05, 4.69) is 27.5 Å². The van der Waals surface area contributed by atoms with Crippen LogP contribution in [0.15, 0.2) is 72.2 Å². The van der Waals surface area contributed by atoms with Gasteiger partial charge in [-0.15, -0.1) is 0 Å². The van der Waals surface area contributed by atoms with Crippen molar-refractivity contribution in [2.75, 3.05) is 5.32 Å². The number of hydrogen-bond donors (Lipinski definition) is 1. The summed E-state index contributed by atoms with van der Waals surface area (Å²) >= 11 is 6.48. The Morgan fingerprint density at radius 2 is 1.81 bits per heavy atom. The molecule has 0 saturated carbocycles. The maximum absolute atomic E-state index is 13.2. The highest BCUT2D eigenvalue weighted by atomic mass is 35.5. The predicted molar refractivity (Wildman–Crippen MR) is 104 cm³/mol. The Kier molecular flexibility index (Phi) is 3.83. The third-order valence-corrected chi connectivity index (χ3v) is 5.68. The molecular formula is C21H17ClN4O. The average Bonchev–Trinajstić information content (AvgIpc) is 3.16. The number of Topliss-reactive ketones (excluding diaryl/α,β-unsaturated/α-hetero) is 1. The lowest BCUT2D eigenvalue weighted by Crippen LogP contribution is -2.33. The molecule has 1 N–H and O–H groups in total. The number of carbonyl (C=O) groups excluding carboxylic acids is 1. The van der Waals surface area contributed by atoms with Gasteiger partial charge in [0.15, 0.2) is 5.78 Å². The lowest BCUT2D eigenvalue weighted by atomic mass is 9.78. The number of fused-ring (bicyclic) bond motifs is 1. The van der Waals surface area contributed by atoms with Crippen molar-refractivity contribution in [3.05, 3.63) is 88.3 Å². The van der Waals surface area contributed by atoms with Crippen LogP contribution in [0.25, 0.3) is 0 Å². The lowest BCUT2D eigenvalue weighted by Gasteiger charge is -2.35. The molecule has 5 nitrogen and oxygen atoms in total. The van der Waals surface area contributed by atoms with Gasteiger partial charge in [0.2, 0.25) is 5.95 Å². The first-order valence-corrected chi connectivity index (χ1v) is 9.32. The Labute approximate surface area is 161 Å². The molecule has 0 unspecified atom stereocenters. The highest BCUT2D eigenvalue weighted by molar-refractivity contribution is 6.31. The second-order valence-electron chi connectivity index (χ2n) is 6.91. The van der Waals surface area contributed by atoms with Gasteiger partial charge in [0.25, 0.3) is 0 Å². The number of allylic oxidation sites excluding steroid dienone is 2. The minimum Gasteiger partial charge on any atom is -0.328 e. The SMILES string of the molecule is O=C1C[C@@H](c2ccccc2)CC2=C1[C@@H](c1ccccc1Cl)n1ncnc1N2. The number of nitrogens with zero attached hydrogens (tertiary/aromatic N) is 3. The largest absolute Gasteiger partial charge is 0.328 e. The zero-order valence-corrected chi connectivity index (χ0v) is 15.2. The van der Waals surface area contributed by atoms with E-state index in [1.54, 1.807) is 4.68 Å². The van der Waals surface area contributed by atoms with Crippen LogP contribution in [0.2, 0.25) is 5.02 Å². The van der Waals surface area contributed by atoms with Crippen molar-refractivity contribution in [2.45, 2.75) is 24.8 Å². The summed E-state index contributed by atoms with van der Waals surface area (Å²) in [5, 5.41) is 8.31. The Morgan fingerprint density at radius 1 is 1.04 bits per heavy atom. The van der Waals surface area contributed by atoms with Crippen LogP contribution in [0.1, 0.15) is 35.9 Å². The Hall–Kier alpha value is -2.92. The Bertz CT molecular complexity index is 1060. The normalized spacial score (nSPS) is 21.4. The van der Waals surface area contributed by atoms with Gasteiger partial charge in [-0.2, -0.15) is 10.1 Å². The quantitative estimate of drug-likeness (QED) is 0.722. The molecule has 2 aromatic carbocycles. The number of anilines is 1. The zero-order valence-electron chi connectivity index (χ0n) is 14.5. The molecule has 0 radical (unpaired) electrons. The van der Waals surface area contributed by atoms with Gasteiger partial charge >= 0.3 is 0 Å². The second kappa shape index (κ2) is 6.35. The maximum atomic E-state index is 13.2. The summed E-state index contributed by atoms with van der Waals surface area (Å²) < 4.78 is 1.75. The van der Waals surface area contributed by atoms with Crippen molar-refractivity contribution in [3.8, 4) is 0 Å². The van der Waals surface area contributed by atoms with Crippen molar-refractivity contribution < 1.29 is 4.79 Å². The van der Waals surface area contributed by atoms with E-state index < -0.39 is 0 Å².